The maximum atomic E-state index is 12.9. The van der Waals surface area contributed by atoms with Crippen LogP contribution in [0.2, 0.25) is 0 Å². The zero-order chi connectivity index (χ0) is 23.4. The van der Waals surface area contributed by atoms with Crippen LogP contribution in [-0.4, -0.2) is 56.3 Å². The van der Waals surface area contributed by atoms with Crippen LogP contribution in [0.25, 0.3) is 10.8 Å². The Kier molecular flexibility index (Phi) is 8.81. The number of carbonyl (C=O) groups is 2. The molecule has 0 bridgehead atoms. The number of hydrogen-bond donors (Lipinski definition) is 0. The molecule has 0 amide bonds. The summed E-state index contributed by atoms with van der Waals surface area (Å²) in [5.74, 6) is -0.588. The molecular weight excluding hydrogens is 763 g/mol. The van der Waals surface area contributed by atoms with E-state index in [0.29, 0.717) is 36.6 Å². The molecule has 1 heterocycles. The molecule has 0 radical (unpaired) electrons. The highest BCUT2D eigenvalue weighted by Crippen LogP contribution is 2.29. The van der Waals surface area contributed by atoms with Crippen molar-refractivity contribution < 1.29 is 23.8 Å². The third kappa shape index (κ3) is 6.16. The van der Waals surface area contributed by atoms with E-state index in [-0.39, 0.29) is 6.61 Å². The number of nitrogens with zero attached hydrogens (tertiary/aromatic N) is 1. The highest BCUT2D eigenvalue weighted by atomic mass is 127. The SMILES string of the molecule is O=C(Oc1cc(C(=O)OCCN2CCOCC2)c2ccccc2c1)c1ccc(I)c(I)c1I. The van der Waals surface area contributed by atoms with Gasteiger partial charge >= 0.3 is 11.9 Å². The summed E-state index contributed by atoms with van der Waals surface area (Å²) in [5.41, 5.74) is 0.868. The van der Waals surface area contributed by atoms with Crippen molar-refractivity contribution in [2.45, 2.75) is 0 Å². The van der Waals surface area contributed by atoms with Crippen molar-refractivity contribution in [2.75, 3.05) is 39.5 Å². The highest BCUT2D eigenvalue weighted by Gasteiger charge is 2.19. The fourth-order valence-corrected chi connectivity index (χ4v) is 5.65. The Morgan fingerprint density at radius 2 is 1.67 bits per heavy atom. The summed E-state index contributed by atoms with van der Waals surface area (Å²) < 4.78 is 19.5. The van der Waals surface area contributed by atoms with Gasteiger partial charge in [-0.05, 0) is 103 Å². The van der Waals surface area contributed by atoms with Crippen molar-refractivity contribution in [3.05, 3.63) is 70.4 Å². The van der Waals surface area contributed by atoms with Gasteiger partial charge in [0.15, 0.2) is 0 Å². The normalized spacial score (nSPS) is 14.3. The standard InChI is InChI=1S/C24H20I3NO5/c25-20-6-5-18(21(26)22(20)27)24(30)33-16-13-15-3-1-2-4-17(15)19(14-16)23(29)32-12-9-28-7-10-31-11-8-28/h1-6,13-14H,7-12H2. The molecule has 1 aliphatic heterocycles. The van der Waals surface area contributed by atoms with E-state index in [4.69, 9.17) is 14.2 Å². The van der Waals surface area contributed by atoms with Crippen molar-refractivity contribution in [3.63, 3.8) is 0 Å². The molecule has 6 nitrogen and oxygen atoms in total. The Morgan fingerprint density at radius 1 is 0.909 bits per heavy atom. The Hall–Kier alpha value is -1.03. The zero-order valence-electron chi connectivity index (χ0n) is 17.5. The average molecular weight is 783 g/mol. The Balaban J connectivity index is 1.54. The quantitative estimate of drug-likeness (QED) is 0.145. The molecule has 172 valence electrons. The van der Waals surface area contributed by atoms with Gasteiger partial charge in [-0.15, -0.1) is 0 Å². The molecule has 1 aliphatic rings. The molecule has 0 aromatic heterocycles. The Bertz CT molecular complexity index is 1190. The van der Waals surface area contributed by atoms with Crippen LogP contribution in [0.3, 0.4) is 0 Å². The second-order valence-corrected chi connectivity index (χ2v) is 10.7. The number of rotatable bonds is 6. The van der Waals surface area contributed by atoms with E-state index in [1.165, 1.54) is 0 Å². The number of halogens is 3. The lowest BCUT2D eigenvalue weighted by molar-refractivity contribution is 0.0196. The first-order chi connectivity index (χ1) is 15.9. The van der Waals surface area contributed by atoms with Crippen LogP contribution >= 0.6 is 67.8 Å². The van der Waals surface area contributed by atoms with E-state index in [1.807, 2.05) is 30.3 Å². The van der Waals surface area contributed by atoms with Crippen molar-refractivity contribution >= 4 is 90.5 Å². The number of fused-ring (bicyclic) bond motifs is 1. The van der Waals surface area contributed by atoms with E-state index in [2.05, 4.69) is 72.7 Å². The lowest BCUT2D eigenvalue weighted by Gasteiger charge is -2.26. The number of hydrogen-bond acceptors (Lipinski definition) is 6. The first-order valence-corrected chi connectivity index (χ1v) is 13.5. The van der Waals surface area contributed by atoms with Gasteiger partial charge in [-0.3, -0.25) is 4.90 Å². The van der Waals surface area contributed by atoms with E-state index in [9.17, 15) is 9.59 Å². The topological polar surface area (TPSA) is 65.1 Å². The molecular formula is C24H20I3NO5. The van der Waals surface area contributed by atoms with Gasteiger partial charge in [0, 0.05) is 30.3 Å². The maximum absolute atomic E-state index is 12.9. The minimum absolute atomic E-state index is 0.288. The average Bonchev–Trinajstić information content (AvgIpc) is 2.82. The molecule has 4 rings (SSSR count). The van der Waals surface area contributed by atoms with Gasteiger partial charge in [-0.25, -0.2) is 9.59 Å². The molecule has 3 aromatic rings. The zero-order valence-corrected chi connectivity index (χ0v) is 24.0. The molecule has 0 unspecified atom stereocenters. The molecule has 1 saturated heterocycles. The Morgan fingerprint density at radius 3 is 2.45 bits per heavy atom. The number of benzene rings is 3. The summed E-state index contributed by atoms with van der Waals surface area (Å²) in [6.07, 6.45) is 0. The fourth-order valence-electron chi connectivity index (χ4n) is 3.53. The summed E-state index contributed by atoms with van der Waals surface area (Å²) in [7, 11) is 0. The van der Waals surface area contributed by atoms with Gasteiger partial charge in [0.1, 0.15) is 12.4 Å². The molecule has 33 heavy (non-hydrogen) atoms. The smallest absolute Gasteiger partial charge is 0.344 e. The van der Waals surface area contributed by atoms with Crippen molar-refractivity contribution in [3.8, 4) is 5.75 Å². The molecule has 0 aliphatic carbocycles. The van der Waals surface area contributed by atoms with Gasteiger partial charge in [0.05, 0.1) is 24.3 Å². The third-order valence-corrected chi connectivity index (χ3v) is 10.5. The summed E-state index contributed by atoms with van der Waals surface area (Å²) in [4.78, 5) is 28.0. The fraction of sp³-hybridized carbons (Fsp3) is 0.250. The maximum Gasteiger partial charge on any atom is 0.344 e. The van der Waals surface area contributed by atoms with Crippen LogP contribution in [0.1, 0.15) is 20.7 Å². The first-order valence-electron chi connectivity index (χ1n) is 10.3. The van der Waals surface area contributed by atoms with E-state index in [1.54, 1.807) is 18.2 Å². The summed E-state index contributed by atoms with van der Waals surface area (Å²) in [5, 5.41) is 1.56. The molecule has 0 spiro atoms. The summed E-state index contributed by atoms with van der Waals surface area (Å²) >= 11 is 6.61. The largest absolute Gasteiger partial charge is 0.461 e. The molecule has 3 aromatic carbocycles. The lowest BCUT2D eigenvalue weighted by atomic mass is 10.0. The summed E-state index contributed by atoms with van der Waals surface area (Å²) in [6.45, 7) is 4.02. The van der Waals surface area contributed by atoms with E-state index < -0.39 is 11.9 Å². The molecule has 1 fully saturated rings. The Labute approximate surface area is 232 Å². The first kappa shape index (κ1) is 25.1. The number of ether oxygens (including phenoxy) is 3. The monoisotopic (exact) mass is 783 g/mol. The van der Waals surface area contributed by atoms with E-state index >= 15 is 0 Å². The van der Waals surface area contributed by atoms with E-state index in [0.717, 1.165) is 34.6 Å². The van der Waals surface area contributed by atoms with Gasteiger partial charge < -0.3 is 14.2 Å². The lowest BCUT2D eigenvalue weighted by Crippen LogP contribution is -2.38. The van der Waals surface area contributed by atoms with Crippen molar-refractivity contribution in [1.82, 2.24) is 4.90 Å². The highest BCUT2D eigenvalue weighted by molar-refractivity contribution is 14.1. The van der Waals surface area contributed by atoms with Gasteiger partial charge in [-0.2, -0.15) is 0 Å². The number of carbonyl (C=O) groups excluding carboxylic acids is 2. The molecule has 0 atom stereocenters. The second kappa shape index (κ2) is 11.6. The van der Waals surface area contributed by atoms with Crippen LogP contribution in [0.4, 0.5) is 0 Å². The van der Waals surface area contributed by atoms with Gasteiger partial charge in [0.2, 0.25) is 0 Å². The minimum atomic E-state index is -0.462. The third-order valence-electron chi connectivity index (χ3n) is 5.27. The predicted molar refractivity (Wildman–Crippen MR) is 151 cm³/mol. The second-order valence-electron chi connectivity index (χ2n) is 7.39. The van der Waals surface area contributed by atoms with Crippen LogP contribution in [0, 0.1) is 10.7 Å². The number of morpholine rings is 1. The van der Waals surface area contributed by atoms with Crippen molar-refractivity contribution in [2.24, 2.45) is 0 Å². The van der Waals surface area contributed by atoms with Gasteiger partial charge in [-0.1, -0.05) is 24.3 Å². The van der Waals surface area contributed by atoms with Crippen LogP contribution in [0.5, 0.6) is 5.75 Å². The van der Waals surface area contributed by atoms with Gasteiger partial charge in [0.25, 0.3) is 0 Å². The summed E-state index contributed by atoms with van der Waals surface area (Å²) in [6, 6.07) is 14.5. The molecule has 9 heteroatoms. The van der Waals surface area contributed by atoms with Crippen molar-refractivity contribution in [1.29, 1.82) is 0 Å². The predicted octanol–water partition coefficient (Wildman–Crippen LogP) is 5.36. The van der Waals surface area contributed by atoms with Crippen LogP contribution < -0.4 is 4.74 Å². The number of esters is 2. The van der Waals surface area contributed by atoms with Crippen LogP contribution in [0.15, 0.2) is 48.5 Å². The van der Waals surface area contributed by atoms with Crippen LogP contribution in [-0.2, 0) is 9.47 Å². The molecule has 0 N–H and O–H groups in total. The molecule has 0 saturated carbocycles. The minimum Gasteiger partial charge on any atom is -0.461 e.